The number of halogens is 3. The van der Waals surface area contributed by atoms with E-state index in [0.717, 1.165) is 4.31 Å². The largest absolute Gasteiger partial charge is 0.350 e. The number of carbonyl (C=O) groups is 2. The van der Waals surface area contributed by atoms with Crippen LogP contribution in [0, 0.1) is 0 Å². The molecular weight excluding hydrogens is 581 g/mol. The van der Waals surface area contributed by atoms with Gasteiger partial charge in [0.15, 0.2) is 0 Å². The maximum atomic E-state index is 13.9. The molecule has 0 spiro atoms. The van der Waals surface area contributed by atoms with Crippen LogP contribution in [-0.2, 0) is 26.2 Å². The number of hydrogen-bond donors (Lipinski definition) is 1. The van der Waals surface area contributed by atoms with Crippen molar-refractivity contribution in [1.29, 1.82) is 0 Å². The first-order chi connectivity index (χ1) is 18.2. The molecule has 0 saturated heterocycles. The molecule has 0 bridgehead atoms. The molecule has 0 radical (unpaired) electrons. The fourth-order valence-electron chi connectivity index (χ4n) is 3.81. The number of hydrogen-bond acceptors (Lipinski definition) is 4. The molecule has 0 heterocycles. The summed E-state index contributed by atoms with van der Waals surface area (Å²) in [6.07, 6.45) is 0. The van der Waals surface area contributed by atoms with E-state index < -0.39 is 40.0 Å². The molecule has 0 fully saturated rings. The summed E-state index contributed by atoms with van der Waals surface area (Å²) < 4.78 is 28.5. The lowest BCUT2D eigenvalue weighted by Crippen LogP contribution is -2.54. The second kappa shape index (κ2) is 12.6. The van der Waals surface area contributed by atoms with Gasteiger partial charge >= 0.3 is 0 Å². The fourth-order valence-corrected chi connectivity index (χ4v) is 5.91. The van der Waals surface area contributed by atoms with Crippen LogP contribution in [0.4, 0.5) is 5.69 Å². The minimum Gasteiger partial charge on any atom is -0.350 e. The third kappa shape index (κ3) is 7.88. The lowest BCUT2D eigenvalue weighted by atomic mass is 10.1. The Morgan fingerprint density at radius 1 is 0.923 bits per heavy atom. The lowest BCUT2D eigenvalue weighted by molar-refractivity contribution is -0.140. The highest BCUT2D eigenvalue weighted by Crippen LogP contribution is 2.35. The van der Waals surface area contributed by atoms with Crippen LogP contribution in [0.2, 0.25) is 15.1 Å². The van der Waals surface area contributed by atoms with Crippen molar-refractivity contribution in [2.45, 2.75) is 50.7 Å². The van der Waals surface area contributed by atoms with Gasteiger partial charge in [-0.2, -0.15) is 0 Å². The molecule has 208 valence electrons. The van der Waals surface area contributed by atoms with Gasteiger partial charge in [0, 0.05) is 17.1 Å². The summed E-state index contributed by atoms with van der Waals surface area (Å²) in [6, 6.07) is 18.2. The molecular formula is C28H30Cl3N3O4S. The van der Waals surface area contributed by atoms with Crippen LogP contribution in [-0.4, -0.2) is 43.3 Å². The van der Waals surface area contributed by atoms with E-state index in [1.165, 1.54) is 29.2 Å². The molecule has 3 aromatic rings. The van der Waals surface area contributed by atoms with Crippen LogP contribution in [0.3, 0.4) is 0 Å². The normalized spacial score (nSPS) is 12.5. The highest BCUT2D eigenvalue weighted by molar-refractivity contribution is 7.92. The maximum absolute atomic E-state index is 13.9. The zero-order chi connectivity index (χ0) is 29.0. The highest BCUT2D eigenvalue weighted by Gasteiger charge is 2.34. The Morgan fingerprint density at radius 3 is 2.18 bits per heavy atom. The minimum atomic E-state index is -4.26. The van der Waals surface area contributed by atoms with E-state index in [-0.39, 0.29) is 27.2 Å². The zero-order valence-electron chi connectivity index (χ0n) is 22.0. The van der Waals surface area contributed by atoms with Crippen LogP contribution in [0.25, 0.3) is 0 Å². The van der Waals surface area contributed by atoms with E-state index in [4.69, 9.17) is 34.8 Å². The van der Waals surface area contributed by atoms with Crippen molar-refractivity contribution in [1.82, 2.24) is 10.2 Å². The fraction of sp³-hybridized carbons (Fsp3) is 0.286. The minimum absolute atomic E-state index is 0.0145. The highest BCUT2D eigenvalue weighted by atomic mass is 35.5. The van der Waals surface area contributed by atoms with Crippen LogP contribution in [0.5, 0.6) is 0 Å². The average molecular weight is 611 g/mol. The molecule has 0 aliphatic rings. The van der Waals surface area contributed by atoms with Gasteiger partial charge in [-0.25, -0.2) is 8.42 Å². The summed E-state index contributed by atoms with van der Waals surface area (Å²) in [7, 11) is -4.26. The SMILES string of the molecule is C[C@@H](C(=O)NC(C)(C)C)N(Cc1cccc(Cl)c1)C(=O)CN(c1cccc(Cl)c1Cl)S(=O)(=O)c1ccccc1. The van der Waals surface area contributed by atoms with Crippen molar-refractivity contribution in [3.05, 3.63) is 93.4 Å². The zero-order valence-corrected chi connectivity index (χ0v) is 25.1. The van der Waals surface area contributed by atoms with Crippen LogP contribution in [0.1, 0.15) is 33.3 Å². The van der Waals surface area contributed by atoms with E-state index in [1.54, 1.807) is 55.5 Å². The summed E-state index contributed by atoms with van der Waals surface area (Å²) in [4.78, 5) is 28.4. The number of benzene rings is 3. The predicted octanol–water partition coefficient (Wildman–Crippen LogP) is 6.17. The maximum Gasteiger partial charge on any atom is 0.264 e. The van der Waals surface area contributed by atoms with Crippen LogP contribution < -0.4 is 9.62 Å². The summed E-state index contributed by atoms with van der Waals surface area (Å²) in [5, 5.41) is 3.45. The van der Waals surface area contributed by atoms with Gasteiger partial charge in [0.2, 0.25) is 11.8 Å². The van der Waals surface area contributed by atoms with Gasteiger partial charge in [-0.1, -0.05) is 71.2 Å². The molecule has 0 unspecified atom stereocenters. The van der Waals surface area contributed by atoms with Crippen molar-refractivity contribution >= 4 is 62.3 Å². The molecule has 1 N–H and O–H groups in total. The quantitative estimate of drug-likeness (QED) is 0.314. The van der Waals surface area contributed by atoms with Crippen LogP contribution in [0.15, 0.2) is 77.7 Å². The number of anilines is 1. The second-order valence-electron chi connectivity index (χ2n) is 9.96. The summed E-state index contributed by atoms with van der Waals surface area (Å²) >= 11 is 18.8. The molecule has 0 saturated carbocycles. The first kappa shape index (κ1) is 30.8. The van der Waals surface area contributed by atoms with Crippen molar-refractivity contribution in [3.8, 4) is 0 Å². The third-order valence-corrected chi connectivity index (χ3v) is 8.54. The third-order valence-electron chi connectivity index (χ3n) is 5.72. The Balaban J connectivity index is 2.07. The Hall–Kier alpha value is -2.78. The first-order valence-corrected chi connectivity index (χ1v) is 14.7. The number of amides is 2. The number of nitrogens with one attached hydrogen (secondary N) is 1. The van der Waals surface area contributed by atoms with Crippen molar-refractivity contribution in [2.75, 3.05) is 10.8 Å². The molecule has 0 aliphatic heterocycles. The summed E-state index contributed by atoms with van der Waals surface area (Å²) in [6.45, 7) is 6.46. The summed E-state index contributed by atoms with van der Waals surface area (Å²) in [5.74, 6) is -1.02. The molecule has 7 nitrogen and oxygen atoms in total. The van der Waals surface area contributed by atoms with Gasteiger partial charge in [0.25, 0.3) is 10.0 Å². The molecule has 3 rings (SSSR count). The average Bonchev–Trinajstić information content (AvgIpc) is 2.86. The van der Waals surface area contributed by atoms with E-state index in [0.29, 0.717) is 10.6 Å². The van der Waals surface area contributed by atoms with Gasteiger partial charge in [-0.05, 0) is 69.7 Å². The smallest absolute Gasteiger partial charge is 0.264 e. The lowest BCUT2D eigenvalue weighted by Gasteiger charge is -2.33. The molecule has 3 aromatic carbocycles. The standard InChI is InChI=1S/C28H30Cl3N3O4S/c1-19(27(36)32-28(2,3)4)33(17-20-10-8-11-21(29)16-20)25(35)18-34(24-15-9-14-23(30)26(24)31)39(37,38)22-12-6-5-7-13-22/h5-16,19H,17-18H2,1-4H3,(H,32,36)/t19-/m0/s1. The van der Waals surface area contributed by atoms with E-state index in [9.17, 15) is 18.0 Å². The summed E-state index contributed by atoms with van der Waals surface area (Å²) in [5.41, 5.74) is 0.160. The second-order valence-corrected chi connectivity index (χ2v) is 13.0. The van der Waals surface area contributed by atoms with E-state index >= 15 is 0 Å². The first-order valence-electron chi connectivity index (χ1n) is 12.1. The molecule has 0 aliphatic carbocycles. The van der Waals surface area contributed by atoms with Gasteiger partial charge in [-0.15, -0.1) is 0 Å². The Kier molecular flexibility index (Phi) is 9.93. The van der Waals surface area contributed by atoms with E-state index in [2.05, 4.69) is 5.32 Å². The molecule has 0 aromatic heterocycles. The predicted molar refractivity (Wildman–Crippen MR) is 157 cm³/mol. The Morgan fingerprint density at radius 2 is 1.56 bits per heavy atom. The van der Waals surface area contributed by atoms with Gasteiger partial charge < -0.3 is 10.2 Å². The monoisotopic (exact) mass is 609 g/mol. The number of carbonyl (C=O) groups excluding carboxylic acids is 2. The number of sulfonamides is 1. The number of rotatable bonds is 9. The molecule has 39 heavy (non-hydrogen) atoms. The topological polar surface area (TPSA) is 86.8 Å². The Labute approximate surface area is 244 Å². The van der Waals surface area contributed by atoms with Crippen molar-refractivity contribution in [3.63, 3.8) is 0 Å². The van der Waals surface area contributed by atoms with Crippen molar-refractivity contribution in [2.24, 2.45) is 0 Å². The van der Waals surface area contributed by atoms with Crippen molar-refractivity contribution < 1.29 is 18.0 Å². The van der Waals surface area contributed by atoms with Crippen LogP contribution >= 0.6 is 34.8 Å². The molecule has 1 atom stereocenters. The van der Waals surface area contributed by atoms with Gasteiger partial charge in [0.05, 0.1) is 20.6 Å². The van der Waals surface area contributed by atoms with E-state index in [1.807, 2.05) is 20.8 Å². The van der Waals surface area contributed by atoms with Gasteiger partial charge in [-0.3, -0.25) is 13.9 Å². The van der Waals surface area contributed by atoms with Gasteiger partial charge in [0.1, 0.15) is 12.6 Å². The molecule has 2 amide bonds. The Bertz CT molecular complexity index is 1440. The molecule has 11 heteroatoms. The number of nitrogens with zero attached hydrogens (tertiary/aromatic N) is 2.